The SMILES string of the molecule is Cn1cccc1-c1ccc(O)cc1. The molecule has 1 N–H and O–H groups in total. The fourth-order valence-electron chi connectivity index (χ4n) is 1.39. The molecule has 2 nitrogen and oxygen atoms in total. The van der Waals surface area contributed by atoms with Gasteiger partial charge in [0, 0.05) is 18.9 Å². The van der Waals surface area contributed by atoms with Crippen LogP contribution in [0.4, 0.5) is 0 Å². The Kier molecular flexibility index (Phi) is 1.81. The van der Waals surface area contributed by atoms with Crippen molar-refractivity contribution in [3.05, 3.63) is 42.6 Å². The minimum Gasteiger partial charge on any atom is -0.508 e. The molecule has 0 bridgehead atoms. The van der Waals surface area contributed by atoms with Gasteiger partial charge in [0.1, 0.15) is 5.75 Å². The molecule has 0 saturated heterocycles. The highest BCUT2D eigenvalue weighted by Gasteiger charge is 1.99. The van der Waals surface area contributed by atoms with E-state index in [0.717, 1.165) is 11.3 Å². The Morgan fingerprint density at radius 2 is 1.77 bits per heavy atom. The van der Waals surface area contributed by atoms with Gasteiger partial charge >= 0.3 is 0 Å². The van der Waals surface area contributed by atoms with Gasteiger partial charge in [0.25, 0.3) is 0 Å². The summed E-state index contributed by atoms with van der Waals surface area (Å²) >= 11 is 0. The number of aromatic nitrogens is 1. The fraction of sp³-hybridized carbons (Fsp3) is 0.0909. The lowest BCUT2D eigenvalue weighted by Crippen LogP contribution is -1.88. The van der Waals surface area contributed by atoms with Gasteiger partial charge < -0.3 is 9.67 Å². The molecule has 1 aromatic heterocycles. The van der Waals surface area contributed by atoms with Crippen LogP contribution in [-0.2, 0) is 7.05 Å². The number of hydrogen-bond acceptors (Lipinski definition) is 1. The number of aromatic hydroxyl groups is 1. The van der Waals surface area contributed by atoms with Gasteiger partial charge in [-0.15, -0.1) is 0 Å². The second-order valence-electron chi connectivity index (χ2n) is 3.05. The highest BCUT2D eigenvalue weighted by Crippen LogP contribution is 2.21. The molecule has 0 radical (unpaired) electrons. The van der Waals surface area contributed by atoms with Gasteiger partial charge in [0.2, 0.25) is 0 Å². The molecule has 13 heavy (non-hydrogen) atoms. The standard InChI is InChI=1S/C11H11NO/c1-12-8-2-3-11(12)9-4-6-10(13)7-5-9/h2-8,13H,1H3. The zero-order chi connectivity index (χ0) is 9.26. The summed E-state index contributed by atoms with van der Waals surface area (Å²) in [4.78, 5) is 0. The van der Waals surface area contributed by atoms with Crippen molar-refractivity contribution in [2.45, 2.75) is 0 Å². The molecule has 2 rings (SSSR count). The van der Waals surface area contributed by atoms with E-state index in [9.17, 15) is 0 Å². The molecule has 1 heterocycles. The summed E-state index contributed by atoms with van der Waals surface area (Å²) in [5.41, 5.74) is 2.27. The minimum absolute atomic E-state index is 0.304. The third kappa shape index (κ3) is 1.43. The zero-order valence-corrected chi connectivity index (χ0v) is 7.44. The number of nitrogens with zero attached hydrogens (tertiary/aromatic N) is 1. The summed E-state index contributed by atoms with van der Waals surface area (Å²) < 4.78 is 2.05. The first-order chi connectivity index (χ1) is 6.27. The van der Waals surface area contributed by atoms with Crippen LogP contribution in [0.1, 0.15) is 0 Å². The molecule has 0 amide bonds. The van der Waals surface area contributed by atoms with Crippen LogP contribution in [0.2, 0.25) is 0 Å². The Labute approximate surface area is 77.1 Å². The maximum absolute atomic E-state index is 9.12. The number of rotatable bonds is 1. The van der Waals surface area contributed by atoms with Crippen molar-refractivity contribution in [1.82, 2.24) is 4.57 Å². The molecule has 66 valence electrons. The van der Waals surface area contributed by atoms with Gasteiger partial charge in [-0.1, -0.05) is 0 Å². The lowest BCUT2D eigenvalue weighted by atomic mass is 10.1. The summed E-state index contributed by atoms with van der Waals surface area (Å²) in [6, 6.07) is 11.3. The Bertz CT molecular complexity index is 400. The van der Waals surface area contributed by atoms with E-state index in [0.29, 0.717) is 5.75 Å². The summed E-state index contributed by atoms with van der Waals surface area (Å²) in [6.07, 6.45) is 2.00. The molecular formula is C11H11NO. The molecule has 0 unspecified atom stereocenters. The van der Waals surface area contributed by atoms with Crippen LogP contribution >= 0.6 is 0 Å². The van der Waals surface area contributed by atoms with Gasteiger partial charge in [-0.2, -0.15) is 0 Å². The van der Waals surface area contributed by atoms with Crippen LogP contribution in [0.25, 0.3) is 11.3 Å². The van der Waals surface area contributed by atoms with Crippen molar-refractivity contribution >= 4 is 0 Å². The van der Waals surface area contributed by atoms with Crippen LogP contribution in [0, 0.1) is 0 Å². The second-order valence-corrected chi connectivity index (χ2v) is 3.05. The van der Waals surface area contributed by atoms with Crippen LogP contribution < -0.4 is 0 Å². The summed E-state index contributed by atoms with van der Waals surface area (Å²) in [7, 11) is 2.00. The summed E-state index contributed by atoms with van der Waals surface area (Å²) in [6.45, 7) is 0. The molecular weight excluding hydrogens is 162 g/mol. The Hall–Kier alpha value is -1.70. The highest BCUT2D eigenvalue weighted by atomic mass is 16.3. The predicted octanol–water partition coefficient (Wildman–Crippen LogP) is 2.40. The van der Waals surface area contributed by atoms with E-state index in [-0.39, 0.29) is 0 Å². The van der Waals surface area contributed by atoms with Crippen LogP contribution in [0.5, 0.6) is 5.75 Å². The number of aryl methyl sites for hydroxylation is 1. The van der Waals surface area contributed by atoms with Gasteiger partial charge in [-0.3, -0.25) is 0 Å². The first kappa shape index (κ1) is 7.92. The van der Waals surface area contributed by atoms with Crippen molar-refractivity contribution in [2.75, 3.05) is 0 Å². The molecule has 0 aliphatic carbocycles. The van der Waals surface area contributed by atoms with Gasteiger partial charge in [-0.05, 0) is 42.0 Å². The first-order valence-electron chi connectivity index (χ1n) is 4.18. The number of hydrogen-bond donors (Lipinski definition) is 1. The molecule has 0 fully saturated rings. The third-order valence-corrected chi connectivity index (χ3v) is 2.11. The lowest BCUT2D eigenvalue weighted by molar-refractivity contribution is 0.475. The molecule has 2 aromatic rings. The molecule has 1 aromatic carbocycles. The largest absolute Gasteiger partial charge is 0.508 e. The van der Waals surface area contributed by atoms with Crippen LogP contribution in [0.3, 0.4) is 0 Å². The predicted molar refractivity (Wildman–Crippen MR) is 52.5 cm³/mol. The molecule has 0 aliphatic heterocycles. The average molecular weight is 173 g/mol. The number of phenolic OH excluding ortho intramolecular Hbond substituents is 1. The van der Waals surface area contributed by atoms with E-state index in [4.69, 9.17) is 5.11 Å². The van der Waals surface area contributed by atoms with Crippen molar-refractivity contribution in [3.8, 4) is 17.0 Å². The molecule has 0 atom stereocenters. The van der Waals surface area contributed by atoms with E-state index < -0.39 is 0 Å². The van der Waals surface area contributed by atoms with Crippen LogP contribution in [-0.4, -0.2) is 9.67 Å². The highest BCUT2D eigenvalue weighted by molar-refractivity contribution is 5.60. The van der Waals surface area contributed by atoms with Gasteiger partial charge in [0.05, 0.1) is 0 Å². The van der Waals surface area contributed by atoms with Crippen molar-refractivity contribution < 1.29 is 5.11 Å². The second kappa shape index (κ2) is 2.98. The Balaban J connectivity index is 2.47. The van der Waals surface area contributed by atoms with Gasteiger partial charge in [0.15, 0.2) is 0 Å². The first-order valence-corrected chi connectivity index (χ1v) is 4.18. The van der Waals surface area contributed by atoms with Crippen LogP contribution in [0.15, 0.2) is 42.6 Å². The number of benzene rings is 1. The van der Waals surface area contributed by atoms with E-state index in [1.165, 1.54) is 0 Å². The smallest absolute Gasteiger partial charge is 0.115 e. The van der Waals surface area contributed by atoms with E-state index >= 15 is 0 Å². The maximum atomic E-state index is 9.12. The molecule has 0 spiro atoms. The topological polar surface area (TPSA) is 25.2 Å². The fourth-order valence-corrected chi connectivity index (χ4v) is 1.39. The molecule has 0 aliphatic rings. The van der Waals surface area contributed by atoms with Crippen molar-refractivity contribution in [3.63, 3.8) is 0 Å². The van der Waals surface area contributed by atoms with Crippen molar-refractivity contribution in [2.24, 2.45) is 7.05 Å². The molecule has 0 saturated carbocycles. The zero-order valence-electron chi connectivity index (χ0n) is 7.44. The molecule has 2 heteroatoms. The summed E-state index contributed by atoms with van der Waals surface area (Å²) in [5.74, 6) is 0.304. The van der Waals surface area contributed by atoms with E-state index in [1.807, 2.05) is 42.1 Å². The maximum Gasteiger partial charge on any atom is 0.115 e. The Morgan fingerprint density at radius 1 is 1.08 bits per heavy atom. The third-order valence-electron chi connectivity index (χ3n) is 2.11. The summed E-state index contributed by atoms with van der Waals surface area (Å²) in [5, 5.41) is 9.12. The number of phenols is 1. The normalized spacial score (nSPS) is 10.2. The van der Waals surface area contributed by atoms with Gasteiger partial charge in [-0.25, -0.2) is 0 Å². The Morgan fingerprint density at radius 3 is 2.31 bits per heavy atom. The van der Waals surface area contributed by atoms with Crippen molar-refractivity contribution in [1.29, 1.82) is 0 Å². The van der Waals surface area contributed by atoms with E-state index in [2.05, 4.69) is 0 Å². The minimum atomic E-state index is 0.304. The quantitative estimate of drug-likeness (QED) is 0.703. The lowest BCUT2D eigenvalue weighted by Gasteiger charge is -2.02. The monoisotopic (exact) mass is 173 g/mol. The van der Waals surface area contributed by atoms with E-state index in [1.54, 1.807) is 12.1 Å². The average Bonchev–Trinajstić information content (AvgIpc) is 2.53.